The number of carbonyl (C=O) groups excluding carboxylic acids is 3. The number of carbonyl (C=O) groups is 3. The van der Waals surface area contributed by atoms with Crippen molar-refractivity contribution in [3.8, 4) is 0 Å². The van der Waals surface area contributed by atoms with E-state index in [0.29, 0.717) is 21.2 Å². The van der Waals surface area contributed by atoms with Gasteiger partial charge in [0.05, 0.1) is 20.5 Å². The minimum atomic E-state index is -0.404. The highest BCUT2D eigenvalue weighted by atomic mass is 35.5. The zero-order valence-corrected chi connectivity index (χ0v) is 19.4. The van der Waals surface area contributed by atoms with E-state index < -0.39 is 11.8 Å². The summed E-state index contributed by atoms with van der Waals surface area (Å²) >= 11 is 7.05. The van der Waals surface area contributed by atoms with Crippen LogP contribution in [0.25, 0.3) is 0 Å². The van der Waals surface area contributed by atoms with Gasteiger partial charge in [-0.2, -0.15) is 0 Å². The minimum Gasteiger partial charge on any atom is -0.385 e. The third-order valence-electron chi connectivity index (χ3n) is 4.90. The topological polar surface area (TPSA) is 78.5 Å². The largest absolute Gasteiger partial charge is 0.385 e. The number of benzene rings is 2. The Morgan fingerprint density at radius 2 is 1.84 bits per heavy atom. The van der Waals surface area contributed by atoms with Crippen LogP contribution in [0, 0.1) is 0 Å². The van der Waals surface area contributed by atoms with Crippen LogP contribution in [0.5, 0.6) is 0 Å². The molecule has 1 heterocycles. The molecule has 0 radical (unpaired) electrons. The van der Waals surface area contributed by atoms with Crippen molar-refractivity contribution in [1.82, 2.24) is 0 Å². The van der Waals surface area contributed by atoms with Crippen LogP contribution in [-0.4, -0.2) is 31.7 Å². The van der Waals surface area contributed by atoms with Crippen LogP contribution in [0.4, 0.5) is 17.1 Å². The standard InChI is InChI=1S/C24H24ClN3O3S/c1-3-4-14-26-17-8-10-18(11-9-17)28(2)24(31)22-16(15-29)6-5-7-19(22)27-23(30)20-12-13-21(25)32-20/h5-13,15,26H,3-4,14H2,1-2H3,(H,27,30). The van der Waals surface area contributed by atoms with Crippen molar-refractivity contribution in [1.29, 1.82) is 0 Å². The Kier molecular flexibility index (Phi) is 8.03. The number of unbranched alkanes of at least 4 members (excludes halogenated alkanes) is 1. The second kappa shape index (κ2) is 10.9. The van der Waals surface area contributed by atoms with Gasteiger partial charge in [0.1, 0.15) is 0 Å². The van der Waals surface area contributed by atoms with Crippen LogP contribution in [-0.2, 0) is 0 Å². The summed E-state index contributed by atoms with van der Waals surface area (Å²) in [4.78, 5) is 39.5. The smallest absolute Gasteiger partial charge is 0.265 e. The van der Waals surface area contributed by atoms with Crippen molar-refractivity contribution < 1.29 is 14.4 Å². The average Bonchev–Trinajstić information content (AvgIpc) is 3.25. The lowest BCUT2D eigenvalue weighted by molar-refractivity contribution is 0.0987. The van der Waals surface area contributed by atoms with E-state index in [1.807, 2.05) is 24.3 Å². The molecular weight excluding hydrogens is 446 g/mol. The molecule has 3 aromatic rings. The average molecular weight is 470 g/mol. The first-order valence-corrected chi connectivity index (χ1v) is 11.4. The van der Waals surface area contributed by atoms with E-state index in [1.54, 1.807) is 37.4 Å². The maximum atomic E-state index is 13.3. The van der Waals surface area contributed by atoms with E-state index >= 15 is 0 Å². The molecule has 0 unspecified atom stereocenters. The molecule has 0 saturated heterocycles. The number of rotatable bonds is 9. The molecule has 1 aromatic heterocycles. The highest BCUT2D eigenvalue weighted by Crippen LogP contribution is 2.27. The Balaban J connectivity index is 1.84. The Bertz CT molecular complexity index is 1110. The van der Waals surface area contributed by atoms with E-state index in [4.69, 9.17) is 11.6 Å². The lowest BCUT2D eigenvalue weighted by Crippen LogP contribution is -2.28. The number of nitrogens with one attached hydrogen (secondary N) is 2. The van der Waals surface area contributed by atoms with E-state index in [9.17, 15) is 14.4 Å². The number of thiophene rings is 1. The van der Waals surface area contributed by atoms with Crippen molar-refractivity contribution in [2.24, 2.45) is 0 Å². The summed E-state index contributed by atoms with van der Waals surface area (Å²) in [6, 6.07) is 15.5. The number of nitrogens with zero attached hydrogens (tertiary/aromatic N) is 1. The summed E-state index contributed by atoms with van der Waals surface area (Å²) < 4.78 is 0.487. The van der Waals surface area contributed by atoms with Crippen LogP contribution in [0.15, 0.2) is 54.6 Å². The fourth-order valence-corrected chi connectivity index (χ4v) is 4.07. The zero-order chi connectivity index (χ0) is 23.1. The monoisotopic (exact) mass is 469 g/mol. The predicted octanol–water partition coefficient (Wildman–Crippen LogP) is 5.95. The van der Waals surface area contributed by atoms with Gasteiger partial charge in [0, 0.05) is 30.5 Å². The van der Waals surface area contributed by atoms with Crippen LogP contribution in [0.1, 0.15) is 50.2 Å². The molecule has 0 atom stereocenters. The Hall–Kier alpha value is -3.16. The quantitative estimate of drug-likeness (QED) is 0.299. The molecule has 0 aliphatic rings. The van der Waals surface area contributed by atoms with Gasteiger partial charge in [-0.15, -0.1) is 11.3 Å². The summed E-state index contributed by atoms with van der Waals surface area (Å²) in [6.07, 6.45) is 2.80. The second-order valence-corrected chi connectivity index (χ2v) is 8.85. The molecule has 2 N–H and O–H groups in total. The number of aldehydes is 1. The maximum Gasteiger partial charge on any atom is 0.265 e. The molecule has 3 rings (SSSR count). The fourth-order valence-electron chi connectivity index (χ4n) is 3.13. The van der Waals surface area contributed by atoms with Crippen molar-refractivity contribution in [3.63, 3.8) is 0 Å². The molecule has 0 saturated carbocycles. The SMILES string of the molecule is CCCCNc1ccc(N(C)C(=O)c2c(C=O)cccc2NC(=O)c2ccc(Cl)s2)cc1. The van der Waals surface area contributed by atoms with E-state index in [-0.39, 0.29) is 16.8 Å². The fraction of sp³-hybridized carbons (Fsp3) is 0.208. The third-order valence-corrected chi connectivity index (χ3v) is 6.13. The number of anilines is 3. The van der Waals surface area contributed by atoms with Gasteiger partial charge in [0.2, 0.25) is 0 Å². The van der Waals surface area contributed by atoms with Gasteiger partial charge in [-0.1, -0.05) is 37.1 Å². The number of hydrogen-bond acceptors (Lipinski definition) is 5. The van der Waals surface area contributed by atoms with Gasteiger partial charge < -0.3 is 15.5 Å². The van der Waals surface area contributed by atoms with Gasteiger partial charge in [-0.3, -0.25) is 14.4 Å². The van der Waals surface area contributed by atoms with E-state index in [1.165, 1.54) is 4.90 Å². The van der Waals surface area contributed by atoms with Crippen LogP contribution in [0.3, 0.4) is 0 Å². The summed E-state index contributed by atoms with van der Waals surface area (Å²) in [7, 11) is 1.63. The molecule has 166 valence electrons. The minimum absolute atomic E-state index is 0.131. The first kappa shape index (κ1) is 23.5. The molecule has 0 spiro atoms. The molecule has 8 heteroatoms. The van der Waals surface area contributed by atoms with Crippen molar-refractivity contribution >= 4 is 58.1 Å². The molecule has 0 fully saturated rings. The van der Waals surface area contributed by atoms with Gasteiger partial charge in [-0.25, -0.2) is 0 Å². The number of amides is 2. The van der Waals surface area contributed by atoms with Crippen LogP contribution < -0.4 is 15.5 Å². The molecule has 2 aromatic carbocycles. The molecule has 32 heavy (non-hydrogen) atoms. The number of hydrogen-bond donors (Lipinski definition) is 2. The highest BCUT2D eigenvalue weighted by molar-refractivity contribution is 7.18. The van der Waals surface area contributed by atoms with Crippen LogP contribution in [0.2, 0.25) is 4.34 Å². The molecule has 2 amide bonds. The van der Waals surface area contributed by atoms with Crippen molar-refractivity contribution in [3.05, 3.63) is 74.9 Å². The summed E-state index contributed by atoms with van der Waals surface area (Å²) in [5, 5.41) is 6.07. The third kappa shape index (κ3) is 5.55. The molecular formula is C24H24ClN3O3S. The number of halogens is 1. The van der Waals surface area contributed by atoms with Crippen molar-refractivity contribution in [2.45, 2.75) is 19.8 Å². The summed E-state index contributed by atoms with van der Waals surface area (Å²) in [5.74, 6) is -0.803. The molecule has 0 bridgehead atoms. The zero-order valence-electron chi connectivity index (χ0n) is 17.9. The van der Waals surface area contributed by atoms with Crippen LogP contribution >= 0.6 is 22.9 Å². The van der Waals surface area contributed by atoms with Gasteiger partial charge in [0.25, 0.3) is 11.8 Å². The first-order valence-electron chi connectivity index (χ1n) is 10.2. The van der Waals surface area contributed by atoms with Gasteiger partial charge in [-0.05, 0) is 48.9 Å². The lowest BCUT2D eigenvalue weighted by atomic mass is 10.0. The predicted molar refractivity (Wildman–Crippen MR) is 132 cm³/mol. The molecule has 0 aliphatic carbocycles. The first-order chi connectivity index (χ1) is 15.4. The van der Waals surface area contributed by atoms with E-state index in [0.717, 1.165) is 36.4 Å². The maximum absolute atomic E-state index is 13.3. The normalized spacial score (nSPS) is 10.5. The lowest BCUT2D eigenvalue weighted by Gasteiger charge is -2.21. The van der Waals surface area contributed by atoms with Crippen molar-refractivity contribution in [2.75, 3.05) is 29.1 Å². The van der Waals surface area contributed by atoms with E-state index in [2.05, 4.69) is 17.6 Å². The molecule has 6 nitrogen and oxygen atoms in total. The Morgan fingerprint density at radius 3 is 2.47 bits per heavy atom. The second-order valence-electron chi connectivity index (χ2n) is 7.14. The Labute approximate surface area is 196 Å². The molecule has 0 aliphatic heterocycles. The summed E-state index contributed by atoms with van der Waals surface area (Å²) in [6.45, 7) is 3.02. The summed E-state index contributed by atoms with van der Waals surface area (Å²) in [5.41, 5.74) is 2.23. The van der Waals surface area contributed by atoms with Gasteiger partial charge >= 0.3 is 0 Å². The Morgan fingerprint density at radius 1 is 1.09 bits per heavy atom. The van der Waals surface area contributed by atoms with Gasteiger partial charge in [0.15, 0.2) is 6.29 Å². The highest BCUT2D eigenvalue weighted by Gasteiger charge is 2.22.